The first-order chi connectivity index (χ1) is 15.7. The second-order valence-corrected chi connectivity index (χ2v) is 11.6. The zero-order valence-corrected chi connectivity index (χ0v) is 21.5. The fraction of sp³-hybridized carbons (Fsp3) is 0.571. The van der Waals surface area contributed by atoms with E-state index in [0.29, 0.717) is 29.7 Å². The Kier molecular flexibility index (Phi) is 9.61. The van der Waals surface area contributed by atoms with E-state index in [4.69, 9.17) is 4.74 Å². The van der Waals surface area contributed by atoms with Gasteiger partial charge in [0.05, 0.1) is 23.9 Å². The average Bonchev–Trinajstić information content (AvgIpc) is 2.87. The molecule has 0 aromatic heterocycles. The smallest absolute Gasteiger partial charge is 0.179 e. The maximum absolute atomic E-state index is 13.8. The molecule has 0 saturated carbocycles. The van der Waals surface area contributed by atoms with Gasteiger partial charge in [0.2, 0.25) is 0 Å². The number of fused-ring (bicyclic) bond motifs is 1. The zero-order chi connectivity index (χ0) is 24.2. The van der Waals surface area contributed by atoms with Crippen LogP contribution in [0.15, 0.2) is 52.7 Å². The standard InChI is InChI=1S/C27H39NO4S.CH4/c1-6-8-16-27(17-9-7-2)19-33(30,31)24-15-12-21(28(3)4)18-23(24)25(26(27)29)20-10-13-22(32-5)14-11-20;/h10,12-15,18,26,29H,6-9,11,16-17,19H2,1-5H3;1H4/b25-20+;. The Balaban J connectivity index is 0.00000408. The highest BCUT2D eigenvalue weighted by Gasteiger charge is 2.47. The Bertz CT molecular complexity index is 1040. The van der Waals surface area contributed by atoms with Crippen LogP contribution in [0.1, 0.15) is 71.8 Å². The number of hydrogen-bond donors (Lipinski definition) is 1. The van der Waals surface area contributed by atoms with Gasteiger partial charge in [-0.05, 0) is 60.8 Å². The van der Waals surface area contributed by atoms with Gasteiger partial charge in [-0.15, -0.1) is 0 Å². The molecule has 1 unspecified atom stereocenters. The first-order valence-electron chi connectivity index (χ1n) is 12.1. The van der Waals surface area contributed by atoms with Crippen LogP contribution in [0.2, 0.25) is 0 Å². The van der Waals surface area contributed by atoms with Crippen LogP contribution < -0.4 is 4.90 Å². The molecule has 34 heavy (non-hydrogen) atoms. The summed E-state index contributed by atoms with van der Waals surface area (Å²) in [4.78, 5) is 2.30. The molecule has 1 aromatic carbocycles. The Hall–Kier alpha value is -2.05. The molecule has 1 aromatic rings. The normalized spacial score (nSPS) is 22.8. The van der Waals surface area contributed by atoms with Crippen LogP contribution in [0.3, 0.4) is 0 Å². The van der Waals surface area contributed by atoms with Crippen LogP contribution in [0.5, 0.6) is 0 Å². The molecule has 0 saturated heterocycles. The van der Waals surface area contributed by atoms with Crippen LogP contribution in [0.4, 0.5) is 5.69 Å². The van der Waals surface area contributed by atoms with Gasteiger partial charge in [-0.2, -0.15) is 0 Å². The van der Waals surface area contributed by atoms with E-state index in [1.807, 2.05) is 49.4 Å². The van der Waals surface area contributed by atoms with Crippen LogP contribution in [0.25, 0.3) is 5.57 Å². The summed E-state index contributed by atoms with van der Waals surface area (Å²) >= 11 is 0. The highest BCUT2D eigenvalue weighted by Crippen LogP contribution is 2.49. The maximum atomic E-state index is 13.8. The third kappa shape index (κ3) is 5.60. The summed E-state index contributed by atoms with van der Waals surface area (Å²) in [6.45, 7) is 4.23. The van der Waals surface area contributed by atoms with Gasteiger partial charge < -0.3 is 14.7 Å². The first-order valence-corrected chi connectivity index (χ1v) is 13.7. The number of rotatable bonds is 8. The highest BCUT2D eigenvalue weighted by molar-refractivity contribution is 7.91. The van der Waals surface area contributed by atoms with Gasteiger partial charge in [0.1, 0.15) is 5.76 Å². The van der Waals surface area contributed by atoms with E-state index in [9.17, 15) is 13.5 Å². The minimum Gasteiger partial charge on any atom is -0.497 e. The number of anilines is 1. The molecule has 5 nitrogen and oxygen atoms in total. The second kappa shape index (κ2) is 11.6. The lowest BCUT2D eigenvalue weighted by Crippen LogP contribution is -2.40. The van der Waals surface area contributed by atoms with Crippen molar-refractivity contribution in [1.29, 1.82) is 0 Å². The summed E-state index contributed by atoms with van der Waals surface area (Å²) < 4.78 is 32.9. The Morgan fingerprint density at radius 1 is 1.12 bits per heavy atom. The molecule has 1 atom stereocenters. The summed E-state index contributed by atoms with van der Waals surface area (Å²) in [5.74, 6) is 0.760. The van der Waals surface area contributed by atoms with E-state index in [2.05, 4.69) is 13.8 Å². The molecule has 190 valence electrons. The summed E-state index contributed by atoms with van der Waals surface area (Å²) in [5, 5.41) is 12.1. The van der Waals surface area contributed by atoms with Crippen molar-refractivity contribution in [3.63, 3.8) is 0 Å². The molecular formula is C28H43NO4S. The number of aliphatic hydroxyl groups excluding tert-OH is 1. The quantitative estimate of drug-likeness (QED) is 0.474. The van der Waals surface area contributed by atoms with Crippen LogP contribution in [0, 0.1) is 5.41 Å². The van der Waals surface area contributed by atoms with Gasteiger partial charge in [-0.1, -0.05) is 53.0 Å². The molecule has 1 aliphatic carbocycles. The van der Waals surface area contributed by atoms with E-state index in [-0.39, 0.29) is 13.2 Å². The molecule has 0 amide bonds. The van der Waals surface area contributed by atoms with E-state index in [0.717, 1.165) is 48.3 Å². The minimum absolute atomic E-state index is 0. The van der Waals surface area contributed by atoms with Gasteiger partial charge in [0, 0.05) is 30.8 Å². The molecule has 3 rings (SSSR count). The number of methoxy groups -OCH3 is 1. The maximum Gasteiger partial charge on any atom is 0.179 e. The number of sulfone groups is 1. The van der Waals surface area contributed by atoms with Crippen molar-refractivity contribution in [2.45, 2.75) is 77.2 Å². The Morgan fingerprint density at radius 2 is 1.76 bits per heavy atom. The van der Waals surface area contributed by atoms with Crippen molar-refractivity contribution in [3.8, 4) is 0 Å². The summed E-state index contributed by atoms with van der Waals surface area (Å²) in [5.41, 5.74) is 2.55. The van der Waals surface area contributed by atoms with E-state index in [1.165, 1.54) is 0 Å². The summed E-state index contributed by atoms with van der Waals surface area (Å²) in [7, 11) is 1.94. The molecule has 2 aliphatic rings. The monoisotopic (exact) mass is 489 g/mol. The van der Waals surface area contributed by atoms with Crippen molar-refractivity contribution in [3.05, 3.63) is 53.3 Å². The van der Waals surface area contributed by atoms with E-state index >= 15 is 0 Å². The molecule has 0 bridgehead atoms. The third-order valence-corrected chi connectivity index (χ3v) is 9.03. The lowest BCUT2D eigenvalue weighted by atomic mass is 9.70. The van der Waals surface area contributed by atoms with Gasteiger partial charge in [-0.25, -0.2) is 8.42 Å². The van der Waals surface area contributed by atoms with Crippen molar-refractivity contribution < 1.29 is 18.3 Å². The summed E-state index contributed by atoms with van der Waals surface area (Å²) in [6.07, 6.45) is 10.7. The average molecular weight is 490 g/mol. The minimum atomic E-state index is -3.59. The Morgan fingerprint density at radius 3 is 2.26 bits per heavy atom. The number of unbranched alkanes of at least 4 members (excludes halogenated alkanes) is 2. The number of nitrogens with zero attached hydrogens (tertiary/aromatic N) is 1. The topological polar surface area (TPSA) is 66.8 Å². The lowest BCUT2D eigenvalue weighted by Gasteiger charge is -2.38. The van der Waals surface area contributed by atoms with Gasteiger partial charge in [-0.3, -0.25) is 0 Å². The number of ether oxygens (including phenoxy) is 1. The number of aliphatic hydroxyl groups is 1. The Labute approximate surface area is 207 Å². The fourth-order valence-corrected chi connectivity index (χ4v) is 7.23. The van der Waals surface area contributed by atoms with Crippen LogP contribution in [-0.4, -0.2) is 46.6 Å². The van der Waals surface area contributed by atoms with Crippen molar-refractivity contribution >= 4 is 21.1 Å². The fourth-order valence-electron chi connectivity index (χ4n) is 5.10. The summed E-state index contributed by atoms with van der Waals surface area (Å²) in [6, 6.07) is 5.51. The molecule has 0 spiro atoms. The van der Waals surface area contributed by atoms with Crippen LogP contribution in [-0.2, 0) is 14.6 Å². The lowest BCUT2D eigenvalue weighted by molar-refractivity contribution is 0.0674. The molecule has 6 heteroatoms. The van der Waals surface area contributed by atoms with Crippen molar-refractivity contribution in [2.24, 2.45) is 5.41 Å². The van der Waals surface area contributed by atoms with Gasteiger partial charge in [0.15, 0.2) is 9.84 Å². The number of benzene rings is 1. The zero-order valence-electron chi connectivity index (χ0n) is 20.7. The SMILES string of the molecule is C.CCCCC1(CCCC)CS(=O)(=O)c2ccc(N(C)C)cc2/C(=C2/C=CC(OC)=CC2)C1O. The van der Waals surface area contributed by atoms with Crippen molar-refractivity contribution in [2.75, 3.05) is 31.9 Å². The molecular weight excluding hydrogens is 446 g/mol. The van der Waals surface area contributed by atoms with E-state index < -0.39 is 21.4 Å². The first kappa shape index (κ1) is 28.2. The molecule has 0 radical (unpaired) electrons. The van der Waals surface area contributed by atoms with E-state index in [1.54, 1.807) is 13.2 Å². The predicted molar refractivity (Wildman–Crippen MR) is 143 cm³/mol. The third-order valence-electron chi connectivity index (χ3n) is 7.05. The molecule has 0 fully saturated rings. The second-order valence-electron chi connectivity index (χ2n) is 9.59. The van der Waals surface area contributed by atoms with Crippen molar-refractivity contribution in [1.82, 2.24) is 0 Å². The van der Waals surface area contributed by atoms with Gasteiger partial charge >= 0.3 is 0 Å². The molecule has 1 heterocycles. The largest absolute Gasteiger partial charge is 0.497 e. The number of allylic oxidation sites excluding steroid dienone is 4. The molecule has 1 N–H and O–H groups in total. The van der Waals surface area contributed by atoms with Gasteiger partial charge in [0.25, 0.3) is 0 Å². The highest BCUT2D eigenvalue weighted by atomic mass is 32.2. The van der Waals surface area contributed by atoms with Crippen LogP contribution >= 0.6 is 0 Å². The predicted octanol–water partition coefficient (Wildman–Crippen LogP) is 6.15. The molecule has 1 aliphatic heterocycles. The number of hydrogen-bond acceptors (Lipinski definition) is 5.